The Balaban J connectivity index is 2.92. The van der Waals surface area contributed by atoms with E-state index in [9.17, 15) is 10.1 Å². The molecule has 0 aromatic heterocycles. The van der Waals surface area contributed by atoms with Gasteiger partial charge in [0.25, 0.3) is 0 Å². The molecule has 0 spiro atoms. The second-order valence-electron chi connectivity index (χ2n) is 4.50. The maximum atomic E-state index is 11.1. The van der Waals surface area contributed by atoms with Crippen LogP contribution in [0, 0.1) is 10.1 Å². The first-order valence-corrected chi connectivity index (χ1v) is 7.35. The summed E-state index contributed by atoms with van der Waals surface area (Å²) in [5, 5.41) is 19.7. The Bertz CT molecular complexity index is 470. The molecule has 0 heterocycles. The second-order valence-corrected chi connectivity index (χ2v) is 5.03. The molecule has 1 unspecified atom stereocenters. The van der Waals surface area contributed by atoms with Crippen LogP contribution in [0.5, 0.6) is 5.75 Å². The highest BCUT2D eigenvalue weighted by molar-refractivity contribution is 6.21. The van der Waals surface area contributed by atoms with E-state index in [0.29, 0.717) is 25.3 Å². The highest BCUT2D eigenvalue weighted by Gasteiger charge is 2.20. The van der Waals surface area contributed by atoms with Crippen molar-refractivity contribution in [1.29, 1.82) is 0 Å². The number of hydrogen-bond donors (Lipinski definition) is 1. The lowest BCUT2D eigenvalue weighted by Crippen LogP contribution is -2.29. The molecule has 1 atom stereocenters. The Hall–Kier alpha value is -1.37. The number of alkyl halides is 1. The predicted octanol–water partition coefficient (Wildman–Crippen LogP) is 2.59. The van der Waals surface area contributed by atoms with Gasteiger partial charge in [-0.1, -0.05) is 13.0 Å². The molecule has 0 aliphatic heterocycles. The molecule has 0 saturated carbocycles. The summed E-state index contributed by atoms with van der Waals surface area (Å²) in [6, 6.07) is 4.77. The molecule has 1 rings (SSSR count). The number of rotatable bonds is 9. The van der Waals surface area contributed by atoms with Crippen LogP contribution in [0.4, 0.5) is 5.69 Å². The van der Waals surface area contributed by atoms with Gasteiger partial charge in [-0.05, 0) is 25.1 Å². The SMILES string of the molecule is CCOc1ccc(C(Cl)CN(CC)CCO)cc1[N+](=O)[O-]. The zero-order valence-electron chi connectivity index (χ0n) is 12.3. The summed E-state index contributed by atoms with van der Waals surface area (Å²) >= 11 is 6.33. The molecule has 0 saturated heterocycles. The van der Waals surface area contributed by atoms with Crippen molar-refractivity contribution in [1.82, 2.24) is 4.90 Å². The number of aliphatic hydroxyl groups excluding tert-OH is 1. The minimum atomic E-state index is -0.469. The summed E-state index contributed by atoms with van der Waals surface area (Å²) in [4.78, 5) is 12.6. The largest absolute Gasteiger partial charge is 0.487 e. The quantitative estimate of drug-likeness (QED) is 0.430. The Morgan fingerprint density at radius 1 is 1.48 bits per heavy atom. The molecule has 1 aromatic rings. The molecular formula is C14H21ClN2O4. The zero-order valence-corrected chi connectivity index (χ0v) is 13.0. The minimum Gasteiger partial charge on any atom is -0.487 e. The summed E-state index contributed by atoms with van der Waals surface area (Å²) in [5.41, 5.74) is 0.591. The standard InChI is InChI=1S/C14H21ClN2O4/c1-3-16(7-8-18)10-12(15)11-5-6-14(21-4-2)13(9-11)17(19)20/h5-6,9,12,18H,3-4,7-8,10H2,1-2H3. The monoisotopic (exact) mass is 316 g/mol. The van der Waals surface area contributed by atoms with Crippen LogP contribution in [0.3, 0.4) is 0 Å². The van der Waals surface area contributed by atoms with Crippen LogP contribution >= 0.6 is 11.6 Å². The molecule has 0 amide bonds. The summed E-state index contributed by atoms with van der Waals surface area (Å²) in [7, 11) is 0. The van der Waals surface area contributed by atoms with Gasteiger partial charge in [-0.2, -0.15) is 0 Å². The molecule has 21 heavy (non-hydrogen) atoms. The van der Waals surface area contributed by atoms with E-state index >= 15 is 0 Å². The van der Waals surface area contributed by atoms with Crippen molar-refractivity contribution < 1.29 is 14.8 Å². The molecule has 0 fully saturated rings. The van der Waals surface area contributed by atoms with Crippen molar-refractivity contribution in [3.05, 3.63) is 33.9 Å². The summed E-state index contributed by atoms with van der Waals surface area (Å²) in [6.07, 6.45) is 0. The lowest BCUT2D eigenvalue weighted by atomic mass is 10.1. The van der Waals surface area contributed by atoms with E-state index in [1.807, 2.05) is 11.8 Å². The maximum absolute atomic E-state index is 11.1. The molecule has 0 bridgehead atoms. The number of hydrogen-bond acceptors (Lipinski definition) is 5. The van der Waals surface area contributed by atoms with Gasteiger partial charge in [0, 0.05) is 19.2 Å². The van der Waals surface area contributed by atoms with Crippen molar-refractivity contribution in [3.63, 3.8) is 0 Å². The van der Waals surface area contributed by atoms with Crippen molar-refractivity contribution in [2.24, 2.45) is 0 Å². The van der Waals surface area contributed by atoms with E-state index in [1.165, 1.54) is 6.07 Å². The Kier molecular flexibility index (Phi) is 7.42. The van der Waals surface area contributed by atoms with Gasteiger partial charge in [-0.15, -0.1) is 11.6 Å². The summed E-state index contributed by atoms with van der Waals surface area (Å²) in [6.45, 7) is 5.97. The fraction of sp³-hybridized carbons (Fsp3) is 0.571. The summed E-state index contributed by atoms with van der Waals surface area (Å²) in [5.74, 6) is 0.248. The fourth-order valence-electron chi connectivity index (χ4n) is 2.00. The van der Waals surface area contributed by atoms with Crippen LogP contribution in [0.2, 0.25) is 0 Å². The number of nitrogens with zero attached hydrogens (tertiary/aromatic N) is 2. The molecule has 1 aromatic carbocycles. The maximum Gasteiger partial charge on any atom is 0.311 e. The zero-order chi connectivity index (χ0) is 15.8. The van der Waals surface area contributed by atoms with Gasteiger partial charge in [0.05, 0.1) is 23.5 Å². The molecule has 6 nitrogen and oxygen atoms in total. The van der Waals surface area contributed by atoms with E-state index < -0.39 is 4.92 Å². The average Bonchev–Trinajstić information content (AvgIpc) is 2.47. The molecule has 0 aliphatic rings. The lowest BCUT2D eigenvalue weighted by molar-refractivity contribution is -0.385. The van der Waals surface area contributed by atoms with E-state index in [4.69, 9.17) is 21.4 Å². The Morgan fingerprint density at radius 2 is 2.19 bits per heavy atom. The summed E-state index contributed by atoms with van der Waals surface area (Å²) < 4.78 is 5.25. The van der Waals surface area contributed by atoms with Crippen molar-refractivity contribution >= 4 is 17.3 Å². The normalized spacial score (nSPS) is 12.4. The van der Waals surface area contributed by atoms with Crippen molar-refractivity contribution in [3.8, 4) is 5.75 Å². The van der Waals surface area contributed by atoms with E-state index in [-0.39, 0.29) is 23.4 Å². The number of nitro benzene ring substituents is 1. The predicted molar refractivity (Wildman–Crippen MR) is 82.1 cm³/mol. The first-order chi connectivity index (χ1) is 10.0. The van der Waals surface area contributed by atoms with Crippen LogP contribution in [0.15, 0.2) is 18.2 Å². The van der Waals surface area contributed by atoms with Crippen LogP contribution < -0.4 is 4.74 Å². The third kappa shape index (κ3) is 5.15. The molecule has 118 valence electrons. The smallest absolute Gasteiger partial charge is 0.311 e. The topological polar surface area (TPSA) is 75.8 Å². The highest BCUT2D eigenvalue weighted by Crippen LogP contribution is 2.32. The molecule has 7 heteroatoms. The lowest BCUT2D eigenvalue weighted by Gasteiger charge is -2.22. The van der Waals surface area contributed by atoms with Crippen LogP contribution in [-0.4, -0.2) is 47.8 Å². The minimum absolute atomic E-state index is 0.0564. The molecule has 1 N–H and O–H groups in total. The number of benzene rings is 1. The van der Waals surface area contributed by atoms with Gasteiger partial charge < -0.3 is 9.84 Å². The Morgan fingerprint density at radius 3 is 2.71 bits per heavy atom. The first-order valence-electron chi connectivity index (χ1n) is 6.91. The number of halogens is 1. The first kappa shape index (κ1) is 17.7. The molecule has 0 aliphatic carbocycles. The number of likely N-dealkylation sites (N-methyl/N-ethyl adjacent to an activating group) is 1. The van der Waals surface area contributed by atoms with Crippen molar-refractivity contribution in [2.75, 3.05) is 32.8 Å². The van der Waals surface area contributed by atoms with Gasteiger partial charge in [0.1, 0.15) is 0 Å². The third-order valence-corrected chi connectivity index (χ3v) is 3.51. The number of aliphatic hydroxyl groups is 1. The van der Waals surface area contributed by atoms with Gasteiger partial charge in [-0.3, -0.25) is 15.0 Å². The van der Waals surface area contributed by atoms with Gasteiger partial charge in [0.2, 0.25) is 0 Å². The average molecular weight is 317 g/mol. The van der Waals surface area contributed by atoms with Gasteiger partial charge in [-0.25, -0.2) is 0 Å². The molecular weight excluding hydrogens is 296 g/mol. The highest BCUT2D eigenvalue weighted by atomic mass is 35.5. The fourth-order valence-corrected chi connectivity index (χ4v) is 2.33. The van der Waals surface area contributed by atoms with E-state index in [1.54, 1.807) is 19.1 Å². The number of ether oxygens (including phenoxy) is 1. The third-order valence-electron chi connectivity index (χ3n) is 3.12. The van der Waals surface area contributed by atoms with Crippen molar-refractivity contribution in [2.45, 2.75) is 19.2 Å². The van der Waals surface area contributed by atoms with Gasteiger partial charge in [0.15, 0.2) is 5.75 Å². The van der Waals surface area contributed by atoms with Crippen LogP contribution in [-0.2, 0) is 0 Å². The second kappa shape index (κ2) is 8.81. The molecule has 0 radical (unpaired) electrons. The Labute approximate surface area is 129 Å². The number of nitro groups is 1. The van der Waals surface area contributed by atoms with Crippen LogP contribution in [0.25, 0.3) is 0 Å². The van der Waals surface area contributed by atoms with Crippen LogP contribution in [0.1, 0.15) is 24.8 Å². The van der Waals surface area contributed by atoms with E-state index in [0.717, 1.165) is 6.54 Å². The van der Waals surface area contributed by atoms with E-state index in [2.05, 4.69) is 0 Å². The van der Waals surface area contributed by atoms with Gasteiger partial charge >= 0.3 is 5.69 Å².